The van der Waals surface area contributed by atoms with Gasteiger partial charge in [0.25, 0.3) is 0 Å². The summed E-state index contributed by atoms with van der Waals surface area (Å²) >= 11 is 0. The molecule has 0 heterocycles. The van der Waals surface area contributed by atoms with E-state index >= 15 is 0 Å². The molecule has 94 valence electrons. The van der Waals surface area contributed by atoms with Crippen molar-refractivity contribution in [1.82, 2.24) is 0 Å². The first-order chi connectivity index (χ1) is 8.61. The molecule has 1 aliphatic carbocycles. The number of methoxy groups -OCH3 is 1. The van der Waals surface area contributed by atoms with Crippen LogP contribution in [0, 0.1) is 6.92 Å². The zero-order chi connectivity index (χ0) is 13.1. The van der Waals surface area contributed by atoms with Crippen LogP contribution in [0.1, 0.15) is 12.5 Å². The number of hydrogen-bond donors (Lipinski definition) is 1. The molecular weight excluding hydrogens is 226 g/mol. The molecule has 0 fully saturated rings. The molecule has 1 atom stereocenters. The molecule has 1 aromatic rings. The van der Waals surface area contributed by atoms with Gasteiger partial charge in [0.1, 0.15) is 5.76 Å². The van der Waals surface area contributed by atoms with E-state index in [1.807, 2.05) is 50.3 Å². The van der Waals surface area contributed by atoms with Crippen LogP contribution in [0.15, 0.2) is 52.7 Å². The van der Waals surface area contributed by atoms with E-state index in [-0.39, 0.29) is 0 Å². The summed E-state index contributed by atoms with van der Waals surface area (Å²) in [5.74, 6) is 0.559. The molecule has 1 unspecified atom stereocenters. The largest absolute Gasteiger partial charge is 0.498 e. The summed E-state index contributed by atoms with van der Waals surface area (Å²) in [5, 5.41) is 10.2. The molecule has 0 radical (unpaired) electrons. The Morgan fingerprint density at radius 1 is 1.11 bits per heavy atom. The molecule has 0 amide bonds. The zero-order valence-corrected chi connectivity index (χ0v) is 10.8. The number of nitrogens with zero attached hydrogens (tertiary/aromatic N) is 1. The Morgan fingerprint density at radius 3 is 2.39 bits per heavy atom. The standard InChI is InChI=1S/C15H17NO2/c1-10-4-7-12(8-5-10)16-13-9-6-11(2)15(18-3)14(13)17/h4-9,14,17H,1-3H3. The lowest BCUT2D eigenvalue weighted by Crippen LogP contribution is -2.25. The third-order valence-corrected chi connectivity index (χ3v) is 2.93. The van der Waals surface area contributed by atoms with E-state index in [2.05, 4.69) is 4.99 Å². The van der Waals surface area contributed by atoms with Crippen LogP contribution in [0.25, 0.3) is 0 Å². The summed E-state index contributed by atoms with van der Waals surface area (Å²) in [6.07, 6.45) is 2.93. The van der Waals surface area contributed by atoms with Crippen molar-refractivity contribution in [3.8, 4) is 0 Å². The Kier molecular flexibility index (Phi) is 3.63. The average Bonchev–Trinajstić information content (AvgIpc) is 2.36. The number of hydrogen-bond acceptors (Lipinski definition) is 3. The molecule has 3 nitrogen and oxygen atoms in total. The van der Waals surface area contributed by atoms with Crippen molar-refractivity contribution >= 4 is 11.4 Å². The Balaban J connectivity index is 2.31. The highest BCUT2D eigenvalue weighted by atomic mass is 16.5. The predicted molar refractivity (Wildman–Crippen MR) is 73.1 cm³/mol. The minimum Gasteiger partial charge on any atom is -0.498 e. The highest BCUT2D eigenvalue weighted by Crippen LogP contribution is 2.21. The number of aliphatic hydroxyl groups excluding tert-OH is 1. The minimum atomic E-state index is -0.790. The van der Waals surface area contributed by atoms with Gasteiger partial charge in [0.2, 0.25) is 0 Å². The number of ether oxygens (including phenoxy) is 1. The van der Waals surface area contributed by atoms with Gasteiger partial charge in [0.15, 0.2) is 6.10 Å². The van der Waals surface area contributed by atoms with E-state index in [0.717, 1.165) is 11.3 Å². The average molecular weight is 243 g/mol. The van der Waals surface area contributed by atoms with Gasteiger partial charge in [-0.25, -0.2) is 0 Å². The molecule has 1 aliphatic rings. The normalized spacial score (nSPS) is 21.6. The topological polar surface area (TPSA) is 41.8 Å². The van der Waals surface area contributed by atoms with Crippen LogP contribution >= 0.6 is 0 Å². The molecule has 0 spiro atoms. The summed E-state index contributed by atoms with van der Waals surface area (Å²) in [5.41, 5.74) is 3.54. The molecule has 3 heteroatoms. The molecular formula is C15H17NO2. The minimum absolute atomic E-state index is 0.559. The number of benzene rings is 1. The van der Waals surface area contributed by atoms with Gasteiger partial charge in [-0.2, -0.15) is 0 Å². The predicted octanol–water partition coefficient (Wildman–Crippen LogP) is 2.92. The molecule has 1 N–H and O–H groups in total. The van der Waals surface area contributed by atoms with Crippen molar-refractivity contribution < 1.29 is 9.84 Å². The second kappa shape index (κ2) is 5.19. The maximum absolute atomic E-state index is 10.2. The summed E-state index contributed by atoms with van der Waals surface area (Å²) in [7, 11) is 1.56. The molecule has 2 rings (SSSR count). The first kappa shape index (κ1) is 12.6. The number of aliphatic imine (C=N–C) groups is 1. The fourth-order valence-electron chi connectivity index (χ4n) is 1.87. The van der Waals surface area contributed by atoms with Gasteiger partial charge in [0.05, 0.1) is 18.5 Å². The number of allylic oxidation sites excluding steroid dienone is 2. The highest BCUT2D eigenvalue weighted by molar-refractivity contribution is 6.03. The third kappa shape index (κ3) is 2.51. The molecule has 18 heavy (non-hydrogen) atoms. The van der Waals surface area contributed by atoms with Gasteiger partial charge in [-0.1, -0.05) is 23.8 Å². The fraction of sp³-hybridized carbons (Fsp3) is 0.267. The molecule has 0 saturated carbocycles. The van der Waals surface area contributed by atoms with E-state index < -0.39 is 6.10 Å². The summed E-state index contributed by atoms with van der Waals surface area (Å²) in [4.78, 5) is 4.44. The van der Waals surface area contributed by atoms with Crippen molar-refractivity contribution in [1.29, 1.82) is 0 Å². The van der Waals surface area contributed by atoms with Crippen LogP contribution in [-0.2, 0) is 4.74 Å². The highest BCUT2D eigenvalue weighted by Gasteiger charge is 2.22. The van der Waals surface area contributed by atoms with Crippen LogP contribution < -0.4 is 0 Å². The van der Waals surface area contributed by atoms with Gasteiger partial charge >= 0.3 is 0 Å². The number of aryl methyl sites for hydroxylation is 1. The van der Waals surface area contributed by atoms with Crippen LogP contribution in [0.3, 0.4) is 0 Å². The first-order valence-electron chi connectivity index (χ1n) is 5.88. The smallest absolute Gasteiger partial charge is 0.153 e. The Labute approximate surface area is 107 Å². The van der Waals surface area contributed by atoms with E-state index in [0.29, 0.717) is 11.5 Å². The van der Waals surface area contributed by atoms with Gasteiger partial charge in [-0.3, -0.25) is 4.99 Å². The van der Waals surface area contributed by atoms with Crippen molar-refractivity contribution in [3.63, 3.8) is 0 Å². The summed E-state index contributed by atoms with van der Waals surface area (Å²) < 4.78 is 5.20. The first-order valence-corrected chi connectivity index (χ1v) is 5.88. The van der Waals surface area contributed by atoms with E-state index in [1.54, 1.807) is 7.11 Å². The molecule has 0 saturated heterocycles. The van der Waals surface area contributed by atoms with Crippen LogP contribution in [0.2, 0.25) is 0 Å². The van der Waals surface area contributed by atoms with Gasteiger partial charge in [-0.05, 0) is 37.6 Å². The summed E-state index contributed by atoms with van der Waals surface area (Å²) in [6.45, 7) is 3.93. The van der Waals surface area contributed by atoms with Crippen molar-refractivity contribution in [2.24, 2.45) is 4.99 Å². The monoisotopic (exact) mass is 243 g/mol. The second-order valence-corrected chi connectivity index (χ2v) is 4.36. The third-order valence-electron chi connectivity index (χ3n) is 2.93. The van der Waals surface area contributed by atoms with E-state index in [9.17, 15) is 5.11 Å². The molecule has 1 aromatic carbocycles. The van der Waals surface area contributed by atoms with Crippen LogP contribution in [0.4, 0.5) is 5.69 Å². The Bertz CT molecular complexity index is 524. The number of rotatable bonds is 2. The van der Waals surface area contributed by atoms with Gasteiger partial charge in [-0.15, -0.1) is 0 Å². The lowest BCUT2D eigenvalue weighted by Gasteiger charge is -2.19. The Morgan fingerprint density at radius 2 is 1.78 bits per heavy atom. The van der Waals surface area contributed by atoms with E-state index in [4.69, 9.17) is 4.74 Å². The van der Waals surface area contributed by atoms with Crippen molar-refractivity contribution in [3.05, 3.63) is 53.3 Å². The second-order valence-electron chi connectivity index (χ2n) is 4.36. The molecule has 0 aromatic heterocycles. The van der Waals surface area contributed by atoms with E-state index in [1.165, 1.54) is 5.56 Å². The number of aliphatic hydroxyl groups is 1. The lowest BCUT2D eigenvalue weighted by atomic mass is 10.0. The maximum Gasteiger partial charge on any atom is 0.153 e. The lowest BCUT2D eigenvalue weighted by molar-refractivity contribution is 0.170. The maximum atomic E-state index is 10.2. The molecule has 0 bridgehead atoms. The zero-order valence-electron chi connectivity index (χ0n) is 10.8. The van der Waals surface area contributed by atoms with Crippen LogP contribution in [-0.4, -0.2) is 24.0 Å². The van der Waals surface area contributed by atoms with Crippen molar-refractivity contribution in [2.75, 3.05) is 7.11 Å². The van der Waals surface area contributed by atoms with Crippen LogP contribution in [0.5, 0.6) is 0 Å². The van der Waals surface area contributed by atoms with Crippen molar-refractivity contribution in [2.45, 2.75) is 20.0 Å². The summed E-state index contributed by atoms with van der Waals surface area (Å²) in [6, 6.07) is 7.86. The quantitative estimate of drug-likeness (QED) is 0.867. The fourth-order valence-corrected chi connectivity index (χ4v) is 1.87. The Hall–Kier alpha value is -1.87. The molecule has 0 aliphatic heterocycles. The SMILES string of the molecule is COC1=C(C)C=CC(=Nc2ccc(C)cc2)C1O. The van der Waals surface area contributed by atoms with Gasteiger partial charge in [0, 0.05) is 0 Å². The van der Waals surface area contributed by atoms with Gasteiger partial charge < -0.3 is 9.84 Å².